The number of carboxylic acid groups (broad SMARTS) is 1. The first-order chi connectivity index (χ1) is 9.41. The van der Waals surface area contributed by atoms with Crippen molar-refractivity contribution in [1.29, 1.82) is 0 Å². The second-order valence-corrected chi connectivity index (χ2v) is 4.74. The maximum atomic E-state index is 11.6. The average molecular weight is 278 g/mol. The number of carboxylic acids is 1. The van der Waals surface area contributed by atoms with Gasteiger partial charge in [0.1, 0.15) is 0 Å². The molecule has 1 fully saturated rings. The Hall–Kier alpha value is -2.44. The van der Waals surface area contributed by atoms with E-state index in [2.05, 4.69) is 0 Å². The van der Waals surface area contributed by atoms with E-state index in [4.69, 9.17) is 0 Å². The fourth-order valence-electron chi connectivity index (χ4n) is 2.61. The summed E-state index contributed by atoms with van der Waals surface area (Å²) in [5.41, 5.74) is 0.545. The van der Waals surface area contributed by atoms with E-state index in [0.717, 1.165) is 0 Å². The highest BCUT2D eigenvalue weighted by Gasteiger charge is 2.41. The minimum absolute atomic E-state index is 0.0620. The molecular formula is C13H14N2O5. The van der Waals surface area contributed by atoms with Crippen LogP contribution in [0.25, 0.3) is 0 Å². The van der Waals surface area contributed by atoms with E-state index in [1.807, 2.05) is 0 Å². The molecule has 2 rings (SSSR count). The van der Waals surface area contributed by atoms with Gasteiger partial charge in [0.25, 0.3) is 5.69 Å². The molecule has 0 aliphatic carbocycles. The minimum Gasteiger partial charge on any atom is -0.481 e. The van der Waals surface area contributed by atoms with E-state index in [-0.39, 0.29) is 11.6 Å². The Balaban J connectivity index is 2.36. The Bertz CT molecular complexity index is 532. The second-order valence-electron chi connectivity index (χ2n) is 4.74. The summed E-state index contributed by atoms with van der Waals surface area (Å²) in [6, 6.07) is 5.11. The highest BCUT2D eigenvalue weighted by atomic mass is 16.6. The number of rotatable bonds is 3. The number of nitro groups is 1. The van der Waals surface area contributed by atoms with Crippen molar-refractivity contribution >= 4 is 17.6 Å². The van der Waals surface area contributed by atoms with Crippen molar-refractivity contribution in [3.63, 3.8) is 0 Å². The van der Waals surface area contributed by atoms with Crippen LogP contribution in [0.15, 0.2) is 24.3 Å². The van der Waals surface area contributed by atoms with Crippen LogP contribution in [0, 0.1) is 16.0 Å². The normalized spacial score (nSPS) is 21.8. The molecule has 1 saturated heterocycles. The number of non-ortho nitro benzene ring substituents is 1. The first-order valence-electron chi connectivity index (χ1n) is 6.16. The first-order valence-corrected chi connectivity index (χ1v) is 6.16. The van der Waals surface area contributed by atoms with Crippen LogP contribution in [0.1, 0.15) is 24.9 Å². The summed E-state index contributed by atoms with van der Waals surface area (Å²) in [5.74, 6) is -1.84. The SMILES string of the molecule is CC(=O)N1CCC(C(=O)O)C1c1ccc([N+](=O)[O-])cc1. The van der Waals surface area contributed by atoms with E-state index in [1.54, 1.807) is 0 Å². The van der Waals surface area contributed by atoms with Crippen molar-refractivity contribution in [3.05, 3.63) is 39.9 Å². The van der Waals surface area contributed by atoms with Crippen molar-refractivity contribution in [3.8, 4) is 0 Å². The highest BCUT2D eigenvalue weighted by Crippen LogP contribution is 2.37. The van der Waals surface area contributed by atoms with Gasteiger partial charge in [-0.05, 0) is 12.0 Å². The molecule has 2 atom stereocenters. The van der Waals surface area contributed by atoms with Crippen LogP contribution in [0.5, 0.6) is 0 Å². The van der Waals surface area contributed by atoms with Crippen molar-refractivity contribution in [2.24, 2.45) is 5.92 Å². The molecule has 106 valence electrons. The third-order valence-electron chi connectivity index (χ3n) is 3.57. The quantitative estimate of drug-likeness (QED) is 0.668. The summed E-state index contributed by atoms with van der Waals surface area (Å²) in [7, 11) is 0. The highest BCUT2D eigenvalue weighted by molar-refractivity contribution is 5.78. The predicted octanol–water partition coefficient (Wildman–Crippen LogP) is 1.59. The largest absolute Gasteiger partial charge is 0.481 e. The van der Waals surface area contributed by atoms with Crippen molar-refractivity contribution in [1.82, 2.24) is 4.90 Å². The van der Waals surface area contributed by atoms with Gasteiger partial charge in [0.15, 0.2) is 0 Å². The number of amides is 1. The van der Waals surface area contributed by atoms with Crippen LogP contribution >= 0.6 is 0 Å². The number of benzene rings is 1. The van der Waals surface area contributed by atoms with Gasteiger partial charge in [-0.1, -0.05) is 12.1 Å². The summed E-state index contributed by atoms with van der Waals surface area (Å²) >= 11 is 0. The standard InChI is InChI=1S/C13H14N2O5/c1-8(16)14-7-6-11(13(17)18)12(14)9-2-4-10(5-3-9)15(19)20/h2-5,11-12H,6-7H2,1H3,(H,17,18). The molecule has 1 heterocycles. The smallest absolute Gasteiger partial charge is 0.309 e. The zero-order valence-electron chi connectivity index (χ0n) is 10.9. The Kier molecular flexibility index (Phi) is 3.69. The summed E-state index contributed by atoms with van der Waals surface area (Å²) in [4.78, 5) is 34.5. The fraction of sp³-hybridized carbons (Fsp3) is 0.385. The van der Waals surface area contributed by atoms with Crippen molar-refractivity contribution < 1.29 is 19.6 Å². The van der Waals surface area contributed by atoms with Crippen LogP contribution in [-0.2, 0) is 9.59 Å². The third kappa shape index (κ3) is 2.47. The maximum Gasteiger partial charge on any atom is 0.309 e. The molecule has 1 aliphatic heterocycles. The molecule has 7 heteroatoms. The number of hydrogen-bond acceptors (Lipinski definition) is 4. The van der Waals surface area contributed by atoms with Gasteiger partial charge < -0.3 is 10.0 Å². The lowest BCUT2D eigenvalue weighted by Gasteiger charge is -2.26. The monoisotopic (exact) mass is 278 g/mol. The molecule has 1 N–H and O–H groups in total. The molecule has 0 bridgehead atoms. The van der Waals surface area contributed by atoms with Crippen LogP contribution in [-0.4, -0.2) is 33.4 Å². The van der Waals surface area contributed by atoms with Gasteiger partial charge >= 0.3 is 5.97 Å². The van der Waals surface area contributed by atoms with Gasteiger partial charge in [0.05, 0.1) is 16.9 Å². The molecule has 0 aromatic heterocycles. The van der Waals surface area contributed by atoms with E-state index >= 15 is 0 Å². The van der Waals surface area contributed by atoms with Crippen LogP contribution in [0.2, 0.25) is 0 Å². The summed E-state index contributed by atoms with van der Waals surface area (Å²) < 4.78 is 0. The van der Waals surface area contributed by atoms with Gasteiger partial charge in [-0.3, -0.25) is 19.7 Å². The number of hydrogen-bond donors (Lipinski definition) is 1. The molecule has 7 nitrogen and oxygen atoms in total. The number of carbonyl (C=O) groups excluding carboxylic acids is 1. The van der Waals surface area contributed by atoms with Crippen LogP contribution < -0.4 is 0 Å². The first kappa shape index (κ1) is 14.0. The van der Waals surface area contributed by atoms with E-state index in [9.17, 15) is 24.8 Å². The molecule has 1 aromatic rings. The summed E-state index contributed by atoms with van der Waals surface area (Å²) in [5, 5.41) is 19.9. The lowest BCUT2D eigenvalue weighted by atomic mass is 9.93. The summed E-state index contributed by atoms with van der Waals surface area (Å²) in [6.45, 7) is 1.77. The molecule has 0 radical (unpaired) electrons. The Labute approximate surface area is 115 Å². The van der Waals surface area contributed by atoms with Gasteiger partial charge in [0, 0.05) is 25.6 Å². The molecule has 1 aliphatic rings. The van der Waals surface area contributed by atoms with Crippen LogP contribution in [0.4, 0.5) is 5.69 Å². The Morgan fingerprint density at radius 1 is 1.35 bits per heavy atom. The van der Waals surface area contributed by atoms with Gasteiger partial charge in [-0.25, -0.2) is 0 Å². The molecule has 0 spiro atoms. The van der Waals surface area contributed by atoms with Crippen molar-refractivity contribution in [2.75, 3.05) is 6.54 Å². The van der Waals surface area contributed by atoms with Gasteiger partial charge in [0.2, 0.25) is 5.91 Å². The van der Waals surface area contributed by atoms with Crippen molar-refractivity contribution in [2.45, 2.75) is 19.4 Å². The number of likely N-dealkylation sites (tertiary alicyclic amines) is 1. The molecule has 0 saturated carbocycles. The molecular weight excluding hydrogens is 264 g/mol. The number of aliphatic carboxylic acids is 1. The molecule has 2 unspecified atom stereocenters. The molecule has 20 heavy (non-hydrogen) atoms. The van der Waals surface area contributed by atoms with Gasteiger partial charge in [-0.2, -0.15) is 0 Å². The second kappa shape index (κ2) is 5.28. The third-order valence-corrected chi connectivity index (χ3v) is 3.57. The zero-order valence-corrected chi connectivity index (χ0v) is 10.9. The molecule has 1 amide bonds. The van der Waals surface area contributed by atoms with E-state index in [1.165, 1.54) is 36.1 Å². The number of carbonyl (C=O) groups is 2. The maximum absolute atomic E-state index is 11.6. The van der Waals surface area contributed by atoms with E-state index < -0.39 is 22.9 Å². The topological polar surface area (TPSA) is 101 Å². The Morgan fingerprint density at radius 3 is 2.40 bits per heavy atom. The van der Waals surface area contributed by atoms with E-state index in [0.29, 0.717) is 18.5 Å². The fourth-order valence-corrected chi connectivity index (χ4v) is 2.61. The van der Waals surface area contributed by atoms with Crippen LogP contribution in [0.3, 0.4) is 0 Å². The Morgan fingerprint density at radius 2 is 1.95 bits per heavy atom. The number of nitrogens with zero attached hydrogens (tertiary/aromatic N) is 2. The average Bonchev–Trinajstić information content (AvgIpc) is 2.83. The minimum atomic E-state index is -0.961. The number of nitro benzene ring substituents is 1. The zero-order chi connectivity index (χ0) is 14.9. The lowest BCUT2D eigenvalue weighted by Crippen LogP contribution is -2.31. The molecule has 1 aromatic carbocycles. The predicted molar refractivity (Wildman–Crippen MR) is 69.0 cm³/mol. The van der Waals surface area contributed by atoms with Gasteiger partial charge in [-0.15, -0.1) is 0 Å². The summed E-state index contributed by atoms with van der Waals surface area (Å²) in [6.07, 6.45) is 0.385. The lowest BCUT2D eigenvalue weighted by molar-refractivity contribution is -0.384.